The minimum Gasteiger partial charge on any atom is -0.302 e. The summed E-state index contributed by atoms with van der Waals surface area (Å²) in [5.41, 5.74) is -1.07. The second-order valence-electron chi connectivity index (χ2n) is 4.56. The molecule has 0 amide bonds. The van der Waals surface area contributed by atoms with Crippen molar-refractivity contribution in [2.24, 2.45) is 14.1 Å². The Morgan fingerprint density at radius 1 is 1.14 bits per heavy atom. The van der Waals surface area contributed by atoms with Gasteiger partial charge < -0.3 is 4.57 Å². The molecule has 22 heavy (non-hydrogen) atoms. The number of rotatable bonds is 4. The summed E-state index contributed by atoms with van der Waals surface area (Å²) in [6.07, 6.45) is 2.84. The normalized spacial score (nSPS) is 11.4. The van der Waals surface area contributed by atoms with Crippen LogP contribution in [0.4, 0.5) is 5.69 Å². The summed E-state index contributed by atoms with van der Waals surface area (Å²) >= 11 is 1.38. The van der Waals surface area contributed by atoms with Crippen molar-refractivity contribution in [2.75, 3.05) is 11.0 Å². The monoisotopic (exact) mass is 341 g/mol. The lowest BCUT2D eigenvalue weighted by molar-refractivity contribution is 0.589. The van der Waals surface area contributed by atoms with Crippen LogP contribution in [0.15, 0.2) is 49.8 Å². The number of benzene rings is 1. The molecule has 2 aromatic rings. The van der Waals surface area contributed by atoms with Crippen molar-refractivity contribution in [3.8, 4) is 0 Å². The van der Waals surface area contributed by atoms with Crippen molar-refractivity contribution in [3.63, 3.8) is 0 Å². The Morgan fingerprint density at radius 2 is 1.77 bits per heavy atom. The fourth-order valence-electron chi connectivity index (χ4n) is 1.89. The number of nitrogens with zero attached hydrogens (tertiary/aromatic N) is 2. The first kappa shape index (κ1) is 16.4. The van der Waals surface area contributed by atoms with Crippen molar-refractivity contribution in [1.82, 2.24) is 9.13 Å². The van der Waals surface area contributed by atoms with Gasteiger partial charge in [-0.25, -0.2) is 13.2 Å². The topological polar surface area (TPSA) is 90.2 Å². The van der Waals surface area contributed by atoms with Gasteiger partial charge in [-0.15, -0.1) is 11.8 Å². The second kappa shape index (κ2) is 6.01. The summed E-state index contributed by atoms with van der Waals surface area (Å²) < 4.78 is 29.1. The molecule has 0 aliphatic heterocycles. The minimum absolute atomic E-state index is 0.380. The van der Waals surface area contributed by atoms with Crippen molar-refractivity contribution in [2.45, 2.75) is 9.79 Å². The van der Waals surface area contributed by atoms with Crippen molar-refractivity contribution < 1.29 is 8.42 Å². The number of aromatic nitrogens is 2. The number of aryl methyl sites for hydroxylation is 1. The molecular weight excluding hydrogens is 326 g/mol. The smallest absolute Gasteiger partial charge is 0.302 e. The van der Waals surface area contributed by atoms with E-state index in [9.17, 15) is 18.0 Å². The van der Waals surface area contributed by atoms with Crippen molar-refractivity contribution in [3.05, 3.63) is 51.3 Å². The fraction of sp³-hybridized carbons (Fsp3) is 0.231. The number of hydrogen-bond donors (Lipinski definition) is 1. The summed E-state index contributed by atoms with van der Waals surface area (Å²) in [6, 6.07) is 6.85. The summed E-state index contributed by atoms with van der Waals surface area (Å²) in [4.78, 5) is 23.9. The van der Waals surface area contributed by atoms with Crippen LogP contribution in [0.2, 0.25) is 0 Å². The van der Waals surface area contributed by atoms with Crippen LogP contribution in [0.3, 0.4) is 0 Å². The maximum Gasteiger partial charge on any atom is 0.330 e. The van der Waals surface area contributed by atoms with E-state index < -0.39 is 26.2 Å². The third-order valence-electron chi connectivity index (χ3n) is 3.06. The van der Waals surface area contributed by atoms with E-state index in [1.165, 1.54) is 25.9 Å². The quantitative estimate of drug-likeness (QED) is 0.823. The molecule has 1 heterocycles. The van der Waals surface area contributed by atoms with Crippen LogP contribution < -0.4 is 16.0 Å². The van der Waals surface area contributed by atoms with E-state index in [0.29, 0.717) is 5.69 Å². The Morgan fingerprint density at radius 3 is 2.41 bits per heavy atom. The molecule has 7 nitrogen and oxygen atoms in total. The van der Waals surface area contributed by atoms with Gasteiger partial charge in [0.1, 0.15) is 0 Å². The van der Waals surface area contributed by atoms with E-state index in [2.05, 4.69) is 4.72 Å². The van der Waals surface area contributed by atoms with Crippen LogP contribution in [0.25, 0.3) is 0 Å². The number of sulfonamides is 1. The molecule has 2 rings (SSSR count). The number of nitrogens with one attached hydrogen (secondary N) is 1. The van der Waals surface area contributed by atoms with Crippen LogP contribution in [-0.2, 0) is 24.1 Å². The molecule has 0 fully saturated rings. The molecule has 0 atom stereocenters. The maximum absolute atomic E-state index is 12.5. The van der Waals surface area contributed by atoms with Crippen molar-refractivity contribution >= 4 is 27.5 Å². The molecule has 1 aromatic carbocycles. The average Bonchev–Trinajstić information content (AvgIpc) is 2.48. The van der Waals surface area contributed by atoms with Crippen LogP contribution >= 0.6 is 11.8 Å². The molecule has 0 saturated heterocycles. The fourth-order valence-corrected chi connectivity index (χ4v) is 3.75. The predicted octanol–water partition coefficient (Wildman–Crippen LogP) is 0.607. The Hall–Kier alpha value is -2.00. The van der Waals surface area contributed by atoms with Gasteiger partial charge in [0.2, 0.25) is 0 Å². The minimum atomic E-state index is -4.09. The Balaban J connectivity index is 2.57. The van der Waals surface area contributed by atoms with Gasteiger partial charge in [0, 0.05) is 25.2 Å². The van der Waals surface area contributed by atoms with Gasteiger partial charge in [-0.3, -0.25) is 14.1 Å². The van der Waals surface area contributed by atoms with Crippen LogP contribution in [0, 0.1) is 0 Å². The van der Waals surface area contributed by atoms with Gasteiger partial charge in [-0.05, 0) is 18.4 Å². The molecule has 9 heteroatoms. The summed E-state index contributed by atoms with van der Waals surface area (Å²) in [5, 5.41) is 0. The van der Waals surface area contributed by atoms with Gasteiger partial charge in [-0.1, -0.05) is 12.1 Å². The first-order valence-corrected chi connectivity index (χ1v) is 8.91. The first-order valence-electron chi connectivity index (χ1n) is 6.20. The van der Waals surface area contributed by atoms with Crippen LogP contribution in [0.1, 0.15) is 0 Å². The highest BCUT2D eigenvalue weighted by molar-refractivity contribution is 7.99. The third kappa shape index (κ3) is 2.95. The summed E-state index contributed by atoms with van der Waals surface area (Å²) in [5.74, 6) is 0. The number of anilines is 1. The van der Waals surface area contributed by atoms with Gasteiger partial charge in [-0.2, -0.15) is 0 Å². The molecule has 0 unspecified atom stereocenters. The zero-order valence-corrected chi connectivity index (χ0v) is 13.9. The van der Waals surface area contributed by atoms with Gasteiger partial charge in [0.05, 0.1) is 5.69 Å². The molecule has 1 N–H and O–H groups in total. The van der Waals surface area contributed by atoms with Crippen LogP contribution in [-0.4, -0.2) is 23.8 Å². The molecule has 0 bridgehead atoms. The molecule has 1 aromatic heterocycles. The number of thioether (sulfide) groups is 1. The Kier molecular flexibility index (Phi) is 4.47. The lowest BCUT2D eigenvalue weighted by Crippen LogP contribution is -2.40. The standard InChI is InChI=1S/C13H15N3O4S2/c1-15-8-11(12(17)16(2)13(15)18)22(19,20)14-9-6-4-5-7-10(9)21-3/h4-8,14H,1-3H3. The average molecular weight is 341 g/mol. The van der Waals surface area contributed by atoms with Crippen LogP contribution in [0.5, 0.6) is 0 Å². The Labute approximate surface area is 131 Å². The predicted molar refractivity (Wildman–Crippen MR) is 86.0 cm³/mol. The van der Waals surface area contributed by atoms with E-state index in [1.54, 1.807) is 24.3 Å². The van der Waals surface area contributed by atoms with Gasteiger partial charge >= 0.3 is 5.69 Å². The van der Waals surface area contributed by atoms with E-state index in [1.807, 2.05) is 6.26 Å². The molecular formula is C13H15N3O4S2. The van der Waals surface area contributed by atoms with Crippen molar-refractivity contribution in [1.29, 1.82) is 0 Å². The highest BCUT2D eigenvalue weighted by atomic mass is 32.2. The first-order chi connectivity index (χ1) is 10.3. The molecule has 118 valence electrons. The molecule has 0 saturated carbocycles. The van der Waals surface area contributed by atoms with E-state index in [0.717, 1.165) is 20.2 Å². The second-order valence-corrected chi connectivity index (χ2v) is 7.06. The van der Waals surface area contributed by atoms with Gasteiger partial charge in [0.25, 0.3) is 15.6 Å². The number of hydrogen-bond acceptors (Lipinski definition) is 5. The largest absolute Gasteiger partial charge is 0.330 e. The summed E-state index contributed by atoms with van der Waals surface area (Å²) in [6.45, 7) is 0. The van der Waals surface area contributed by atoms with Gasteiger partial charge in [0.15, 0.2) is 4.90 Å². The molecule has 0 aliphatic rings. The van der Waals surface area contributed by atoms with E-state index in [4.69, 9.17) is 0 Å². The highest BCUT2D eigenvalue weighted by Crippen LogP contribution is 2.26. The summed E-state index contributed by atoms with van der Waals surface area (Å²) in [7, 11) is -1.47. The van der Waals surface area contributed by atoms with E-state index >= 15 is 0 Å². The molecule has 0 aliphatic carbocycles. The lowest BCUT2D eigenvalue weighted by atomic mass is 10.3. The highest BCUT2D eigenvalue weighted by Gasteiger charge is 2.22. The lowest BCUT2D eigenvalue weighted by Gasteiger charge is -2.12. The SMILES string of the molecule is CSc1ccccc1NS(=O)(=O)c1cn(C)c(=O)n(C)c1=O. The molecule has 0 spiro atoms. The van der Waals surface area contributed by atoms with E-state index in [-0.39, 0.29) is 0 Å². The zero-order chi connectivity index (χ0) is 16.5. The third-order valence-corrected chi connectivity index (χ3v) is 5.20. The Bertz CT molecular complexity index is 929. The maximum atomic E-state index is 12.5. The molecule has 0 radical (unpaired) electrons. The number of para-hydroxylation sites is 1. The zero-order valence-electron chi connectivity index (χ0n) is 12.2.